The lowest BCUT2D eigenvalue weighted by molar-refractivity contribution is 0.176. The van der Waals surface area contributed by atoms with Gasteiger partial charge < -0.3 is 16.2 Å². The number of hydrogen-bond donors (Lipinski definition) is 3. The number of pyridine rings is 1. The average Bonchev–Trinajstić information content (AvgIpc) is 2.15. The van der Waals surface area contributed by atoms with Crippen molar-refractivity contribution < 1.29 is 5.11 Å². The van der Waals surface area contributed by atoms with Crippen LogP contribution in [0.1, 0.15) is 18.6 Å². The Morgan fingerprint density at radius 3 is 3.08 bits per heavy atom. The number of rotatable bonds is 4. The highest BCUT2D eigenvalue weighted by Crippen LogP contribution is 2.17. The molecule has 0 aliphatic carbocycles. The highest BCUT2D eigenvalue weighted by molar-refractivity contribution is 5.45. The van der Waals surface area contributed by atoms with Crippen molar-refractivity contribution in [3.8, 4) is 0 Å². The Balaban J connectivity index is 2.65. The third-order valence-electron chi connectivity index (χ3n) is 1.83. The quantitative estimate of drug-likeness (QED) is 0.625. The van der Waals surface area contributed by atoms with Gasteiger partial charge in [-0.3, -0.25) is 4.98 Å². The SMILES string of the molecule is CCNCC(O)c1cnccc1N. The summed E-state index contributed by atoms with van der Waals surface area (Å²) >= 11 is 0. The zero-order chi connectivity index (χ0) is 9.68. The van der Waals surface area contributed by atoms with E-state index in [9.17, 15) is 5.11 Å². The van der Waals surface area contributed by atoms with E-state index in [2.05, 4.69) is 10.3 Å². The number of nitrogens with zero attached hydrogens (tertiary/aromatic N) is 1. The van der Waals surface area contributed by atoms with E-state index in [1.807, 2.05) is 6.92 Å². The Morgan fingerprint density at radius 1 is 1.69 bits per heavy atom. The maximum Gasteiger partial charge on any atom is 0.0949 e. The summed E-state index contributed by atoms with van der Waals surface area (Å²) in [6, 6.07) is 1.69. The Labute approximate surface area is 77.8 Å². The second kappa shape index (κ2) is 4.79. The molecule has 1 unspecified atom stereocenters. The summed E-state index contributed by atoms with van der Waals surface area (Å²) in [6.07, 6.45) is 2.63. The number of nitrogen functional groups attached to an aromatic ring is 1. The first-order valence-corrected chi connectivity index (χ1v) is 4.34. The topological polar surface area (TPSA) is 71.2 Å². The van der Waals surface area contributed by atoms with Crippen LogP contribution in [-0.4, -0.2) is 23.2 Å². The number of likely N-dealkylation sites (N-methyl/N-ethyl adjacent to an activating group) is 1. The number of nitrogens with one attached hydrogen (secondary N) is 1. The first-order chi connectivity index (χ1) is 6.25. The van der Waals surface area contributed by atoms with E-state index < -0.39 is 6.10 Å². The molecule has 72 valence electrons. The van der Waals surface area contributed by atoms with Crippen molar-refractivity contribution >= 4 is 5.69 Å². The minimum Gasteiger partial charge on any atom is -0.398 e. The van der Waals surface area contributed by atoms with Crippen LogP contribution >= 0.6 is 0 Å². The third kappa shape index (κ3) is 2.68. The summed E-state index contributed by atoms with van der Waals surface area (Å²) in [4.78, 5) is 3.91. The minimum atomic E-state index is -0.575. The Hall–Kier alpha value is -1.13. The molecule has 4 nitrogen and oxygen atoms in total. The van der Waals surface area contributed by atoms with Gasteiger partial charge in [-0.15, -0.1) is 0 Å². The Morgan fingerprint density at radius 2 is 2.46 bits per heavy atom. The molecular formula is C9H15N3O. The monoisotopic (exact) mass is 181 g/mol. The summed E-state index contributed by atoms with van der Waals surface area (Å²) in [6.45, 7) is 3.32. The van der Waals surface area contributed by atoms with E-state index in [0.29, 0.717) is 17.8 Å². The molecule has 1 aromatic heterocycles. The molecule has 0 saturated carbocycles. The van der Waals surface area contributed by atoms with Gasteiger partial charge in [0.05, 0.1) is 6.10 Å². The molecule has 1 heterocycles. The van der Waals surface area contributed by atoms with Crippen LogP contribution in [-0.2, 0) is 0 Å². The van der Waals surface area contributed by atoms with Gasteiger partial charge in [-0.25, -0.2) is 0 Å². The molecule has 0 radical (unpaired) electrons. The maximum absolute atomic E-state index is 9.65. The van der Waals surface area contributed by atoms with Crippen molar-refractivity contribution in [1.29, 1.82) is 0 Å². The first-order valence-electron chi connectivity index (χ1n) is 4.34. The molecule has 0 aromatic carbocycles. The normalized spacial score (nSPS) is 12.8. The van der Waals surface area contributed by atoms with Gasteiger partial charge in [-0.05, 0) is 12.6 Å². The molecule has 4 heteroatoms. The molecule has 0 aliphatic heterocycles. The van der Waals surface area contributed by atoms with Crippen LogP contribution in [0.2, 0.25) is 0 Å². The van der Waals surface area contributed by atoms with Crippen LogP contribution in [0.3, 0.4) is 0 Å². The van der Waals surface area contributed by atoms with Crippen LogP contribution in [0.4, 0.5) is 5.69 Å². The average molecular weight is 181 g/mol. The third-order valence-corrected chi connectivity index (χ3v) is 1.83. The predicted molar refractivity (Wildman–Crippen MR) is 52.2 cm³/mol. The number of aliphatic hydroxyl groups is 1. The molecule has 0 bridgehead atoms. The van der Waals surface area contributed by atoms with E-state index in [1.54, 1.807) is 18.5 Å². The largest absolute Gasteiger partial charge is 0.398 e. The van der Waals surface area contributed by atoms with Gasteiger partial charge in [0.2, 0.25) is 0 Å². The second-order valence-corrected chi connectivity index (χ2v) is 2.83. The number of aromatic nitrogens is 1. The zero-order valence-corrected chi connectivity index (χ0v) is 7.70. The summed E-state index contributed by atoms with van der Waals surface area (Å²) in [5, 5.41) is 12.7. The van der Waals surface area contributed by atoms with E-state index in [1.165, 1.54) is 0 Å². The van der Waals surface area contributed by atoms with E-state index in [4.69, 9.17) is 5.73 Å². The highest BCUT2D eigenvalue weighted by Gasteiger charge is 2.09. The van der Waals surface area contributed by atoms with Gasteiger partial charge >= 0.3 is 0 Å². The Kier molecular flexibility index (Phi) is 3.67. The molecule has 1 rings (SSSR count). The number of nitrogens with two attached hydrogens (primary N) is 1. The van der Waals surface area contributed by atoms with E-state index in [-0.39, 0.29) is 0 Å². The molecule has 0 spiro atoms. The van der Waals surface area contributed by atoms with Crippen molar-refractivity contribution in [2.45, 2.75) is 13.0 Å². The fraction of sp³-hybridized carbons (Fsp3) is 0.444. The molecular weight excluding hydrogens is 166 g/mol. The van der Waals surface area contributed by atoms with Gasteiger partial charge in [0.15, 0.2) is 0 Å². The standard InChI is InChI=1S/C9H15N3O/c1-2-11-6-9(13)7-5-12-4-3-8(7)10/h3-5,9,11,13H,2,6H2,1H3,(H2,10,12). The van der Waals surface area contributed by atoms with Gasteiger partial charge in [0.25, 0.3) is 0 Å². The molecule has 4 N–H and O–H groups in total. The summed E-state index contributed by atoms with van der Waals surface area (Å²) in [5.74, 6) is 0. The second-order valence-electron chi connectivity index (χ2n) is 2.83. The van der Waals surface area contributed by atoms with Crippen molar-refractivity contribution in [3.05, 3.63) is 24.0 Å². The fourth-order valence-electron chi connectivity index (χ4n) is 1.09. The number of hydrogen-bond acceptors (Lipinski definition) is 4. The lowest BCUT2D eigenvalue weighted by Gasteiger charge is -2.12. The van der Waals surface area contributed by atoms with E-state index in [0.717, 1.165) is 6.54 Å². The number of anilines is 1. The first kappa shape index (κ1) is 9.95. The molecule has 0 aliphatic rings. The molecule has 0 amide bonds. The summed E-state index contributed by atoms with van der Waals surface area (Å²) in [5.41, 5.74) is 6.93. The molecule has 0 fully saturated rings. The fourth-order valence-corrected chi connectivity index (χ4v) is 1.09. The highest BCUT2D eigenvalue weighted by atomic mass is 16.3. The molecule has 13 heavy (non-hydrogen) atoms. The smallest absolute Gasteiger partial charge is 0.0949 e. The van der Waals surface area contributed by atoms with Crippen molar-refractivity contribution in [2.75, 3.05) is 18.8 Å². The Bertz CT molecular complexity index is 265. The molecule has 1 aromatic rings. The van der Waals surface area contributed by atoms with Gasteiger partial charge in [0.1, 0.15) is 0 Å². The van der Waals surface area contributed by atoms with Crippen molar-refractivity contribution in [2.24, 2.45) is 0 Å². The van der Waals surface area contributed by atoms with Gasteiger partial charge in [-0.1, -0.05) is 6.92 Å². The van der Waals surface area contributed by atoms with Crippen LogP contribution in [0.5, 0.6) is 0 Å². The van der Waals surface area contributed by atoms with Gasteiger partial charge in [0, 0.05) is 30.2 Å². The lowest BCUT2D eigenvalue weighted by atomic mass is 10.1. The molecule has 0 saturated heterocycles. The van der Waals surface area contributed by atoms with Crippen molar-refractivity contribution in [1.82, 2.24) is 10.3 Å². The zero-order valence-electron chi connectivity index (χ0n) is 7.70. The number of aliphatic hydroxyl groups excluding tert-OH is 1. The maximum atomic E-state index is 9.65. The predicted octanol–water partition coefficient (Wildman–Crippen LogP) is 0.307. The van der Waals surface area contributed by atoms with Crippen LogP contribution in [0.25, 0.3) is 0 Å². The van der Waals surface area contributed by atoms with Crippen LogP contribution < -0.4 is 11.1 Å². The molecule has 1 atom stereocenters. The minimum absolute atomic E-state index is 0.506. The van der Waals surface area contributed by atoms with E-state index >= 15 is 0 Å². The summed E-state index contributed by atoms with van der Waals surface area (Å²) in [7, 11) is 0. The van der Waals surface area contributed by atoms with Gasteiger partial charge in [-0.2, -0.15) is 0 Å². The summed E-state index contributed by atoms with van der Waals surface area (Å²) < 4.78 is 0. The van der Waals surface area contributed by atoms with Crippen LogP contribution in [0, 0.1) is 0 Å². The lowest BCUT2D eigenvalue weighted by Crippen LogP contribution is -2.21. The van der Waals surface area contributed by atoms with Crippen molar-refractivity contribution in [3.63, 3.8) is 0 Å². The van der Waals surface area contributed by atoms with Crippen LogP contribution in [0.15, 0.2) is 18.5 Å².